The molecule has 0 aromatic rings. The molecule has 0 spiro atoms. The zero-order chi connectivity index (χ0) is 39.1. The van der Waals surface area contributed by atoms with E-state index in [0.717, 1.165) is 6.26 Å². The van der Waals surface area contributed by atoms with Gasteiger partial charge in [0.1, 0.15) is 18.3 Å². The molecule has 290 valence electrons. The van der Waals surface area contributed by atoms with E-state index in [-0.39, 0.29) is 32.0 Å². The Morgan fingerprint density at radius 1 is 0.551 bits per heavy atom. The fourth-order valence-electron chi connectivity index (χ4n) is 3.71. The molecule has 0 unspecified atom stereocenters. The fourth-order valence-corrected chi connectivity index (χ4v) is 3.71. The number of ether oxygens (including phenoxy) is 1. The number of halogens is 17. The molecule has 0 aliphatic rings. The molecular weight excluding hydrogens is 735 g/mol. The largest absolute Gasteiger partial charge is 0.460 e. The lowest BCUT2D eigenvalue weighted by Crippen LogP contribution is -2.74. The van der Waals surface area contributed by atoms with Gasteiger partial charge in [0.05, 0.1) is 6.26 Å². The van der Waals surface area contributed by atoms with Crippen LogP contribution in [0, 0.1) is 0 Å². The number of hydrogen-bond donors (Lipinski definition) is 4. The maximum atomic E-state index is 13.9. The van der Waals surface area contributed by atoms with Gasteiger partial charge in [0.25, 0.3) is 0 Å². The number of allylic oxidation sites excluding steroid dienone is 1. The summed E-state index contributed by atoms with van der Waals surface area (Å²) in [5, 5.41) is 37.4. The van der Waals surface area contributed by atoms with Crippen molar-refractivity contribution in [3.8, 4) is 0 Å². The van der Waals surface area contributed by atoms with Gasteiger partial charge in [-0.1, -0.05) is 32.1 Å². The monoisotopic (exact) mass is 764 g/mol. The van der Waals surface area contributed by atoms with Crippen molar-refractivity contribution >= 4 is 12.3 Å². The van der Waals surface area contributed by atoms with E-state index in [1.54, 1.807) is 0 Å². The van der Waals surface area contributed by atoms with Gasteiger partial charge in [-0.25, -0.2) is 4.79 Å². The highest BCUT2D eigenvalue weighted by atomic mass is 19.4. The molecule has 4 atom stereocenters. The summed E-state index contributed by atoms with van der Waals surface area (Å²) >= 11 is 0. The fraction of sp³-hybridized carbons (Fsp3) is 0.840. The van der Waals surface area contributed by atoms with E-state index in [1.165, 1.54) is 6.08 Å². The van der Waals surface area contributed by atoms with Crippen LogP contribution in [0.4, 0.5) is 74.6 Å². The second-order valence-corrected chi connectivity index (χ2v) is 10.5. The van der Waals surface area contributed by atoms with Crippen LogP contribution < -0.4 is 0 Å². The SMILES string of the molecule is O=C[C@H](O)[C@@H](O)[C@@H](O)[C@H](O)C(=O)OC=CCCCCCCCCCC(F)(F)C(F)(F)C(F)(F)C(F)(F)C(F)(F)C(F)(F)C(F)(F)C(F)(F)F. The smallest absolute Gasteiger partial charge is 0.433 e. The van der Waals surface area contributed by atoms with Crippen molar-refractivity contribution in [2.75, 3.05) is 0 Å². The third kappa shape index (κ3) is 9.65. The minimum Gasteiger partial charge on any atom is -0.433 e. The first-order chi connectivity index (χ1) is 21.8. The van der Waals surface area contributed by atoms with Gasteiger partial charge in [0, 0.05) is 6.42 Å². The van der Waals surface area contributed by atoms with E-state index in [0.29, 0.717) is 12.8 Å². The van der Waals surface area contributed by atoms with Crippen LogP contribution in [0.3, 0.4) is 0 Å². The maximum absolute atomic E-state index is 13.9. The van der Waals surface area contributed by atoms with Gasteiger partial charge < -0.3 is 30.0 Å². The molecule has 0 bridgehead atoms. The van der Waals surface area contributed by atoms with Crippen LogP contribution in [0.2, 0.25) is 0 Å². The number of rotatable bonds is 22. The molecule has 4 N–H and O–H groups in total. The summed E-state index contributed by atoms with van der Waals surface area (Å²) in [5.74, 6) is -57.8. The van der Waals surface area contributed by atoms with Crippen molar-refractivity contribution in [1.82, 2.24) is 0 Å². The van der Waals surface area contributed by atoms with Gasteiger partial charge in [-0.05, 0) is 25.3 Å². The Kier molecular flexibility index (Phi) is 15.9. The second-order valence-electron chi connectivity index (χ2n) is 10.5. The average molecular weight is 764 g/mol. The van der Waals surface area contributed by atoms with E-state index < -0.39 is 97.3 Å². The summed E-state index contributed by atoms with van der Waals surface area (Å²) < 4.78 is 230. The van der Waals surface area contributed by atoms with Crippen molar-refractivity contribution in [3.63, 3.8) is 0 Å². The highest BCUT2D eigenvalue weighted by Gasteiger charge is 2.95. The molecule has 0 saturated heterocycles. The van der Waals surface area contributed by atoms with Crippen molar-refractivity contribution in [2.24, 2.45) is 0 Å². The summed E-state index contributed by atoms with van der Waals surface area (Å²) in [7, 11) is 0. The predicted molar refractivity (Wildman–Crippen MR) is 128 cm³/mol. The molecule has 0 rings (SSSR count). The molecule has 0 aliphatic heterocycles. The van der Waals surface area contributed by atoms with Crippen LogP contribution >= 0.6 is 0 Å². The van der Waals surface area contributed by atoms with Crippen LogP contribution in [0.15, 0.2) is 12.3 Å². The Bertz CT molecular complexity index is 1100. The minimum absolute atomic E-state index is 0.108. The summed E-state index contributed by atoms with van der Waals surface area (Å²) in [4.78, 5) is 21.9. The van der Waals surface area contributed by atoms with Crippen LogP contribution in [-0.4, -0.2) is 105 Å². The normalized spacial score (nSPS) is 17.2. The number of aliphatic hydroxyl groups excluding tert-OH is 4. The molecule has 0 aromatic heterocycles. The summed E-state index contributed by atoms with van der Waals surface area (Å²) in [6.45, 7) is 0. The summed E-state index contributed by atoms with van der Waals surface area (Å²) in [5.41, 5.74) is 0. The first-order valence-electron chi connectivity index (χ1n) is 13.6. The highest BCUT2D eigenvalue weighted by molar-refractivity contribution is 5.76. The predicted octanol–water partition coefficient (Wildman–Crippen LogP) is 6.21. The third-order valence-corrected chi connectivity index (χ3v) is 6.83. The highest BCUT2D eigenvalue weighted by Crippen LogP contribution is 2.64. The molecule has 0 radical (unpaired) electrons. The van der Waals surface area contributed by atoms with E-state index in [2.05, 4.69) is 4.74 Å². The molecule has 0 aliphatic carbocycles. The van der Waals surface area contributed by atoms with Gasteiger partial charge in [0.2, 0.25) is 0 Å². The van der Waals surface area contributed by atoms with E-state index >= 15 is 0 Å². The number of alkyl halides is 17. The van der Waals surface area contributed by atoms with Gasteiger partial charge in [-0.2, -0.15) is 74.6 Å². The standard InChI is InChI=1S/C25H29F17O7/c26-18(27,19(28,29)20(30,31)21(32,33)22(34,35)23(36,37)24(38,39)25(40,41)42)10-8-6-4-2-1-3-5-7-9-11-49-17(48)16(47)15(46)14(45)13(44)12-43/h9,11-16,44-47H,1-8,10H2/t13-,14+,15+,16-/m0/s1. The van der Waals surface area contributed by atoms with E-state index in [1.807, 2.05) is 0 Å². The Labute approximate surface area is 264 Å². The van der Waals surface area contributed by atoms with Crippen LogP contribution in [0.1, 0.15) is 57.8 Å². The van der Waals surface area contributed by atoms with Crippen LogP contribution in [0.5, 0.6) is 0 Å². The Morgan fingerprint density at radius 2 is 0.939 bits per heavy atom. The lowest BCUT2D eigenvalue weighted by Gasteiger charge is -2.42. The molecule has 49 heavy (non-hydrogen) atoms. The number of aliphatic hydroxyl groups is 4. The van der Waals surface area contributed by atoms with Gasteiger partial charge >= 0.3 is 53.6 Å². The third-order valence-electron chi connectivity index (χ3n) is 6.83. The topological polar surface area (TPSA) is 124 Å². The number of carbonyl (C=O) groups is 2. The molecule has 24 heteroatoms. The summed E-state index contributed by atoms with van der Waals surface area (Å²) in [6, 6.07) is 0. The Hall–Kier alpha value is -2.47. The van der Waals surface area contributed by atoms with Crippen LogP contribution in [0.25, 0.3) is 0 Å². The first-order valence-corrected chi connectivity index (χ1v) is 13.6. The molecule has 7 nitrogen and oxygen atoms in total. The Balaban J connectivity index is 4.95. The number of esters is 1. The molecule has 0 saturated carbocycles. The number of unbranched alkanes of at least 4 members (excludes halogenated alkanes) is 7. The second kappa shape index (κ2) is 16.7. The van der Waals surface area contributed by atoms with Crippen molar-refractivity contribution in [3.05, 3.63) is 12.3 Å². The minimum atomic E-state index is -8.65. The van der Waals surface area contributed by atoms with Crippen LogP contribution in [-0.2, 0) is 14.3 Å². The van der Waals surface area contributed by atoms with Crippen molar-refractivity contribution < 1.29 is 109 Å². The quantitative estimate of drug-likeness (QED) is 0.0340. The average Bonchev–Trinajstić information content (AvgIpc) is 2.98. The first kappa shape index (κ1) is 46.5. The molecule has 0 amide bonds. The number of aldehydes is 1. The van der Waals surface area contributed by atoms with E-state index in [4.69, 9.17) is 5.11 Å². The van der Waals surface area contributed by atoms with Crippen molar-refractivity contribution in [2.45, 2.75) is 130 Å². The summed E-state index contributed by atoms with van der Waals surface area (Å²) in [6.07, 6.45) is -17.9. The van der Waals surface area contributed by atoms with Gasteiger partial charge in [0.15, 0.2) is 12.4 Å². The lowest BCUT2D eigenvalue weighted by atomic mass is 9.87. The van der Waals surface area contributed by atoms with Crippen molar-refractivity contribution in [1.29, 1.82) is 0 Å². The van der Waals surface area contributed by atoms with Gasteiger partial charge in [-0.15, -0.1) is 0 Å². The molecular formula is C25H29F17O7. The number of carbonyl (C=O) groups excluding carboxylic acids is 2. The number of hydrogen-bond acceptors (Lipinski definition) is 7. The maximum Gasteiger partial charge on any atom is 0.460 e. The van der Waals surface area contributed by atoms with Gasteiger partial charge in [-0.3, -0.25) is 0 Å². The zero-order valence-corrected chi connectivity index (χ0v) is 24.3. The molecule has 0 fully saturated rings. The van der Waals surface area contributed by atoms with E-state index in [9.17, 15) is 99.5 Å². The molecule has 0 heterocycles. The molecule has 0 aromatic carbocycles. The Morgan fingerprint density at radius 3 is 1.37 bits per heavy atom. The zero-order valence-electron chi connectivity index (χ0n) is 24.3. The lowest BCUT2D eigenvalue weighted by molar-refractivity contribution is -0.461.